The van der Waals surface area contributed by atoms with E-state index in [4.69, 9.17) is 0 Å². The molecule has 0 atom stereocenters. The summed E-state index contributed by atoms with van der Waals surface area (Å²) in [7, 11) is -0.981. The summed E-state index contributed by atoms with van der Waals surface area (Å²) in [5, 5.41) is 1.56. The summed E-state index contributed by atoms with van der Waals surface area (Å²) in [5.74, 6) is 0. The van der Waals surface area contributed by atoms with Gasteiger partial charge in [-0.1, -0.05) is 19.6 Å². The molecule has 0 unspecified atom stereocenters. The molecule has 12 heavy (non-hydrogen) atoms. The average Bonchev–Trinajstić information content (AvgIpc) is 2.08. The van der Waals surface area contributed by atoms with E-state index in [2.05, 4.69) is 43.9 Å². The second-order valence-electron chi connectivity index (χ2n) is 3.42. The fraction of sp³-hybridized carbons (Fsp3) is 0.300. The Bertz CT molecular complexity index is 172. The quantitative estimate of drug-likeness (QED) is 0.537. The third-order valence-electron chi connectivity index (χ3n) is 1.53. The van der Waals surface area contributed by atoms with Gasteiger partial charge in [0, 0.05) is 8.07 Å². The van der Waals surface area contributed by atoms with Crippen molar-refractivity contribution in [2.45, 2.75) is 19.6 Å². The molecule has 0 heterocycles. The molecule has 0 nitrogen and oxygen atoms in total. The van der Waals surface area contributed by atoms with Crippen molar-refractivity contribution in [2.75, 3.05) is 0 Å². The van der Waals surface area contributed by atoms with Gasteiger partial charge in [-0.05, 0) is 0 Å². The molecule has 1 rings (SSSR count). The molecule has 0 saturated heterocycles. The van der Waals surface area contributed by atoms with E-state index in [9.17, 15) is 0 Å². The molecule has 0 aromatic heterocycles. The van der Waals surface area contributed by atoms with Crippen LogP contribution in [0.4, 0.5) is 0 Å². The molecule has 0 spiro atoms. The van der Waals surface area contributed by atoms with Crippen molar-refractivity contribution in [3.8, 4) is 0 Å². The minimum Gasteiger partial charge on any atom is -0.358 e. The van der Waals surface area contributed by atoms with Gasteiger partial charge in [0.2, 0.25) is 0 Å². The predicted molar refractivity (Wildman–Crippen MR) is 57.8 cm³/mol. The van der Waals surface area contributed by atoms with Crippen LogP contribution in [0.15, 0.2) is 24.3 Å². The molecule has 67 valence electrons. The summed E-state index contributed by atoms with van der Waals surface area (Å²) in [5.41, 5.74) is 0. The Kier molecular flexibility index (Phi) is 10.5. The van der Waals surface area contributed by atoms with Gasteiger partial charge in [0.15, 0.2) is 0 Å². The van der Waals surface area contributed by atoms with Gasteiger partial charge in [-0.2, -0.15) is 17.3 Å². The van der Waals surface area contributed by atoms with Crippen molar-refractivity contribution in [2.24, 2.45) is 0 Å². The van der Waals surface area contributed by atoms with Crippen molar-refractivity contribution in [1.82, 2.24) is 0 Å². The van der Waals surface area contributed by atoms with E-state index in [1.165, 1.54) is 0 Å². The zero-order valence-corrected chi connectivity index (χ0v) is 12.3. The minimum atomic E-state index is -0.981. The molecule has 0 aliphatic rings. The first-order chi connectivity index (χ1) is 4.11. The Balaban J connectivity index is -0.000000270. The predicted octanol–water partition coefficient (Wildman–Crippen LogP) is 2.85. The first kappa shape index (κ1) is 18.3. The van der Waals surface area contributed by atoms with Gasteiger partial charge in [0.1, 0.15) is 0 Å². The molecule has 1 radical (unpaired) electrons. The van der Waals surface area contributed by atoms with Gasteiger partial charge in [0.05, 0.1) is 0 Å². The van der Waals surface area contributed by atoms with Gasteiger partial charge in [-0.15, -0.1) is 0 Å². The summed E-state index contributed by atoms with van der Waals surface area (Å²) in [6, 6.07) is 8.69. The Morgan fingerprint density at radius 1 is 0.917 bits per heavy atom. The van der Waals surface area contributed by atoms with Crippen molar-refractivity contribution >= 4 is 13.3 Å². The summed E-state index contributed by atoms with van der Waals surface area (Å²) in [6.07, 6.45) is 0. The van der Waals surface area contributed by atoms with Crippen LogP contribution in [-0.2, 0) is 26.2 Å². The zero-order valence-electron chi connectivity index (χ0n) is 8.81. The largest absolute Gasteiger partial charge is 3.00 e. The molecule has 0 bridgehead atoms. The monoisotopic (exact) mass is 257 g/mol. The maximum Gasteiger partial charge on any atom is 3.00 e. The van der Waals surface area contributed by atoms with Crippen LogP contribution in [-0.4, -0.2) is 8.07 Å². The van der Waals surface area contributed by atoms with Gasteiger partial charge >= 0.3 is 26.2 Å². The number of hydrogen-bond donors (Lipinski definition) is 0. The molecule has 0 saturated carbocycles. The van der Waals surface area contributed by atoms with Crippen molar-refractivity contribution in [3.63, 3.8) is 0 Å². The van der Waals surface area contributed by atoms with Gasteiger partial charge in [-0.3, -0.25) is 0 Å². The van der Waals surface area contributed by atoms with Crippen LogP contribution in [0.5, 0.6) is 0 Å². The SMILES string of the molecule is C[Si](C)(C)[c-]1cccc1.[CH3-].[CH3-].[Zr+3]. The molecular weight excluding hydrogens is 239 g/mol. The second-order valence-corrected chi connectivity index (χ2v) is 8.50. The van der Waals surface area contributed by atoms with Gasteiger partial charge in [0.25, 0.3) is 0 Å². The van der Waals surface area contributed by atoms with Crippen LogP contribution < -0.4 is 5.19 Å². The zero-order chi connectivity index (χ0) is 6.91. The van der Waals surface area contributed by atoms with Crippen LogP contribution in [0.1, 0.15) is 0 Å². The van der Waals surface area contributed by atoms with Crippen LogP contribution in [0, 0.1) is 14.9 Å². The molecule has 0 N–H and O–H groups in total. The Morgan fingerprint density at radius 3 is 1.42 bits per heavy atom. The van der Waals surface area contributed by atoms with Gasteiger partial charge < -0.3 is 14.9 Å². The Morgan fingerprint density at radius 2 is 1.25 bits per heavy atom. The fourth-order valence-corrected chi connectivity index (χ4v) is 2.07. The third kappa shape index (κ3) is 5.16. The second kappa shape index (κ2) is 6.91. The summed E-state index contributed by atoms with van der Waals surface area (Å²) < 4.78 is 0. The van der Waals surface area contributed by atoms with Crippen molar-refractivity contribution < 1.29 is 26.2 Å². The summed E-state index contributed by atoms with van der Waals surface area (Å²) in [6.45, 7) is 7.09. The molecular formula is C10H19SiZr. The standard InChI is InChI=1S/C8H13Si.2CH3.Zr/c1-9(2,3)8-6-4-5-7-8;;;/h4-7H,1-3H3;2*1H3;/q3*-1;+3. The smallest absolute Gasteiger partial charge is 0.358 e. The first-order valence-electron chi connectivity index (χ1n) is 3.33. The van der Waals surface area contributed by atoms with E-state index in [0.29, 0.717) is 0 Å². The molecule has 1 aromatic carbocycles. The van der Waals surface area contributed by atoms with Crippen LogP contribution in [0.2, 0.25) is 19.6 Å². The van der Waals surface area contributed by atoms with E-state index in [1.54, 1.807) is 5.19 Å². The van der Waals surface area contributed by atoms with Crippen LogP contribution in [0.3, 0.4) is 0 Å². The topological polar surface area (TPSA) is 0 Å². The third-order valence-corrected chi connectivity index (χ3v) is 3.59. The summed E-state index contributed by atoms with van der Waals surface area (Å²) >= 11 is 0. The normalized spacial score (nSPS) is 8.92. The maximum absolute atomic E-state index is 2.36. The molecule has 0 amide bonds. The Labute approximate surface area is 97.9 Å². The van der Waals surface area contributed by atoms with Crippen LogP contribution in [0.25, 0.3) is 0 Å². The Hall–Kier alpha value is 0.450. The molecule has 0 fully saturated rings. The minimum absolute atomic E-state index is 0. The number of hydrogen-bond acceptors (Lipinski definition) is 0. The van der Waals surface area contributed by atoms with E-state index in [-0.39, 0.29) is 41.1 Å². The molecule has 2 heteroatoms. The van der Waals surface area contributed by atoms with Crippen molar-refractivity contribution in [1.29, 1.82) is 0 Å². The molecule has 0 aliphatic carbocycles. The molecule has 1 aromatic rings. The molecule has 0 aliphatic heterocycles. The van der Waals surface area contributed by atoms with E-state index >= 15 is 0 Å². The van der Waals surface area contributed by atoms with Crippen LogP contribution >= 0.6 is 0 Å². The van der Waals surface area contributed by atoms with E-state index < -0.39 is 8.07 Å². The first-order valence-corrected chi connectivity index (χ1v) is 6.83. The maximum atomic E-state index is 2.36. The van der Waals surface area contributed by atoms with Gasteiger partial charge in [-0.25, -0.2) is 12.1 Å². The average molecular weight is 259 g/mol. The number of rotatable bonds is 1. The van der Waals surface area contributed by atoms with E-state index in [0.717, 1.165) is 0 Å². The summed E-state index contributed by atoms with van der Waals surface area (Å²) in [4.78, 5) is 0. The van der Waals surface area contributed by atoms with Crippen molar-refractivity contribution in [3.05, 3.63) is 39.1 Å². The fourth-order valence-electron chi connectivity index (χ4n) is 0.874. The van der Waals surface area contributed by atoms with E-state index in [1.807, 2.05) is 0 Å².